The molecule has 0 aliphatic rings. The van der Waals surface area contributed by atoms with Crippen molar-refractivity contribution >= 4 is 17.9 Å². The summed E-state index contributed by atoms with van der Waals surface area (Å²) in [5, 5.41) is 0. The summed E-state index contributed by atoms with van der Waals surface area (Å²) in [7, 11) is 0. The first kappa shape index (κ1) is 22.6. The maximum absolute atomic E-state index is 12.6. The first-order valence-electron chi connectivity index (χ1n) is 8.68. The van der Waals surface area contributed by atoms with E-state index >= 15 is 0 Å². The Morgan fingerprint density at radius 2 is 1.37 bits per heavy atom. The van der Waals surface area contributed by atoms with Crippen LogP contribution in [-0.2, 0) is 35.2 Å². The molecule has 1 rings (SSSR count). The van der Waals surface area contributed by atoms with E-state index in [1.807, 2.05) is 6.07 Å². The van der Waals surface area contributed by atoms with E-state index < -0.39 is 41.1 Å². The summed E-state index contributed by atoms with van der Waals surface area (Å²) in [6.07, 6.45) is -0.688. The fourth-order valence-electron chi connectivity index (χ4n) is 2.05. The van der Waals surface area contributed by atoms with E-state index in [0.717, 1.165) is 5.56 Å². The number of carbonyl (C=O) groups excluding carboxylic acids is 3. The lowest BCUT2D eigenvalue weighted by Gasteiger charge is -2.30. The first-order chi connectivity index (χ1) is 12.2. The van der Waals surface area contributed by atoms with E-state index in [4.69, 9.17) is 19.9 Å². The molecule has 0 aromatic heterocycles. The van der Waals surface area contributed by atoms with Crippen LogP contribution in [0.4, 0.5) is 0 Å². The molecule has 0 bridgehead atoms. The second kappa shape index (κ2) is 8.52. The van der Waals surface area contributed by atoms with Crippen molar-refractivity contribution in [3.8, 4) is 0 Å². The SMILES string of the molecule is CC(C)(C)OC(=O)CC(N)(C(=O)OCc1ccccc1)C(=O)OC(C)(C)C. The molecule has 1 atom stereocenters. The van der Waals surface area contributed by atoms with Gasteiger partial charge in [-0.25, -0.2) is 9.59 Å². The molecule has 0 fully saturated rings. The average Bonchev–Trinajstić information content (AvgIpc) is 2.49. The molecule has 1 aromatic rings. The van der Waals surface area contributed by atoms with Crippen molar-refractivity contribution in [1.82, 2.24) is 0 Å². The zero-order valence-corrected chi connectivity index (χ0v) is 16.8. The number of rotatable bonds is 6. The van der Waals surface area contributed by atoms with Crippen molar-refractivity contribution in [3.63, 3.8) is 0 Å². The Balaban J connectivity index is 2.99. The van der Waals surface area contributed by atoms with E-state index in [2.05, 4.69) is 0 Å². The Hall–Kier alpha value is -2.41. The summed E-state index contributed by atoms with van der Waals surface area (Å²) in [5.74, 6) is -2.89. The van der Waals surface area contributed by atoms with Crippen LogP contribution in [0.15, 0.2) is 30.3 Å². The summed E-state index contributed by atoms with van der Waals surface area (Å²) in [6.45, 7) is 9.82. The average molecular weight is 379 g/mol. The summed E-state index contributed by atoms with van der Waals surface area (Å²) < 4.78 is 15.6. The van der Waals surface area contributed by atoms with Gasteiger partial charge in [0.2, 0.25) is 5.54 Å². The molecule has 0 saturated carbocycles. The topological polar surface area (TPSA) is 105 Å². The van der Waals surface area contributed by atoms with Crippen LogP contribution in [0.1, 0.15) is 53.5 Å². The van der Waals surface area contributed by atoms with Gasteiger partial charge in [0.05, 0.1) is 6.42 Å². The highest BCUT2D eigenvalue weighted by Crippen LogP contribution is 2.21. The van der Waals surface area contributed by atoms with Gasteiger partial charge in [-0.2, -0.15) is 0 Å². The monoisotopic (exact) mass is 379 g/mol. The molecule has 1 aromatic carbocycles. The lowest BCUT2D eigenvalue weighted by molar-refractivity contribution is -0.178. The number of esters is 3. The van der Waals surface area contributed by atoms with Gasteiger partial charge in [-0.05, 0) is 47.1 Å². The number of hydrogen-bond donors (Lipinski definition) is 1. The van der Waals surface area contributed by atoms with Gasteiger partial charge in [0.1, 0.15) is 17.8 Å². The molecule has 0 saturated heterocycles. The minimum atomic E-state index is -2.30. The van der Waals surface area contributed by atoms with Crippen LogP contribution >= 0.6 is 0 Å². The number of carbonyl (C=O) groups is 3. The fraction of sp³-hybridized carbons (Fsp3) is 0.550. The van der Waals surface area contributed by atoms with Crippen LogP contribution in [-0.4, -0.2) is 34.6 Å². The highest BCUT2D eigenvalue weighted by Gasteiger charge is 2.49. The molecule has 1 unspecified atom stereocenters. The molecule has 7 nitrogen and oxygen atoms in total. The van der Waals surface area contributed by atoms with E-state index in [1.54, 1.807) is 65.8 Å². The van der Waals surface area contributed by atoms with E-state index in [-0.39, 0.29) is 6.61 Å². The second-order valence-corrected chi connectivity index (χ2v) is 8.30. The van der Waals surface area contributed by atoms with Crippen LogP contribution in [0.2, 0.25) is 0 Å². The lowest BCUT2D eigenvalue weighted by atomic mass is 9.96. The smallest absolute Gasteiger partial charge is 0.339 e. The Morgan fingerprint density at radius 3 is 1.85 bits per heavy atom. The summed E-state index contributed by atoms with van der Waals surface area (Å²) in [4.78, 5) is 37.4. The van der Waals surface area contributed by atoms with Gasteiger partial charge in [0, 0.05) is 0 Å². The molecule has 0 radical (unpaired) electrons. The first-order valence-corrected chi connectivity index (χ1v) is 8.68. The fourth-order valence-corrected chi connectivity index (χ4v) is 2.05. The molecule has 27 heavy (non-hydrogen) atoms. The largest absolute Gasteiger partial charge is 0.460 e. The van der Waals surface area contributed by atoms with Crippen molar-refractivity contribution < 1.29 is 28.6 Å². The number of nitrogens with two attached hydrogens (primary N) is 1. The van der Waals surface area contributed by atoms with Crippen LogP contribution in [0.5, 0.6) is 0 Å². The highest BCUT2D eigenvalue weighted by molar-refractivity contribution is 6.07. The predicted octanol–water partition coefficient (Wildman–Crippen LogP) is 2.50. The normalized spacial score (nSPS) is 14.0. The maximum Gasteiger partial charge on any atom is 0.339 e. The Bertz CT molecular complexity index is 672. The van der Waals surface area contributed by atoms with E-state index in [0.29, 0.717) is 0 Å². The van der Waals surface area contributed by atoms with Crippen molar-refractivity contribution in [2.45, 2.75) is 71.3 Å². The van der Waals surface area contributed by atoms with Gasteiger partial charge < -0.3 is 19.9 Å². The molecule has 2 N–H and O–H groups in total. The van der Waals surface area contributed by atoms with Gasteiger partial charge in [-0.1, -0.05) is 30.3 Å². The van der Waals surface area contributed by atoms with Gasteiger partial charge in [0.25, 0.3) is 0 Å². The Labute approximate surface area is 160 Å². The second-order valence-electron chi connectivity index (χ2n) is 8.30. The molecule has 7 heteroatoms. The van der Waals surface area contributed by atoms with Crippen molar-refractivity contribution in [2.24, 2.45) is 5.73 Å². The van der Waals surface area contributed by atoms with E-state index in [9.17, 15) is 14.4 Å². The molecule has 0 heterocycles. The number of benzene rings is 1. The third kappa shape index (κ3) is 7.78. The van der Waals surface area contributed by atoms with Gasteiger partial charge in [-0.15, -0.1) is 0 Å². The minimum absolute atomic E-state index is 0.0876. The maximum atomic E-state index is 12.6. The standard InChI is InChI=1S/C20H29NO6/c1-18(2,3)26-15(22)12-20(21,17(24)27-19(4,5)6)16(23)25-13-14-10-8-7-9-11-14/h7-11H,12-13,21H2,1-6H3. The van der Waals surface area contributed by atoms with Crippen molar-refractivity contribution in [1.29, 1.82) is 0 Å². The summed E-state index contributed by atoms with van der Waals surface area (Å²) >= 11 is 0. The Kier molecular flexibility index (Phi) is 7.14. The Morgan fingerprint density at radius 1 is 0.852 bits per heavy atom. The van der Waals surface area contributed by atoms with Gasteiger partial charge in [0.15, 0.2) is 0 Å². The zero-order chi connectivity index (χ0) is 20.9. The van der Waals surface area contributed by atoms with Crippen LogP contribution < -0.4 is 5.73 Å². The van der Waals surface area contributed by atoms with Crippen molar-refractivity contribution in [2.75, 3.05) is 0 Å². The number of ether oxygens (including phenoxy) is 3. The van der Waals surface area contributed by atoms with E-state index in [1.165, 1.54) is 0 Å². The van der Waals surface area contributed by atoms with Crippen LogP contribution in [0.3, 0.4) is 0 Å². The summed E-state index contributed by atoms with van der Waals surface area (Å²) in [6, 6.07) is 8.91. The zero-order valence-electron chi connectivity index (χ0n) is 16.8. The minimum Gasteiger partial charge on any atom is -0.460 e. The molecular formula is C20H29NO6. The molecule has 0 aliphatic heterocycles. The molecular weight excluding hydrogens is 350 g/mol. The predicted molar refractivity (Wildman–Crippen MR) is 99.5 cm³/mol. The quantitative estimate of drug-likeness (QED) is 0.460. The molecule has 0 spiro atoms. The molecule has 0 amide bonds. The third-order valence-electron chi connectivity index (χ3n) is 3.18. The van der Waals surface area contributed by atoms with Gasteiger partial charge in [-0.3, -0.25) is 4.79 Å². The highest BCUT2D eigenvalue weighted by atomic mass is 16.6. The van der Waals surface area contributed by atoms with Gasteiger partial charge >= 0.3 is 17.9 Å². The lowest BCUT2D eigenvalue weighted by Crippen LogP contribution is -2.59. The molecule has 0 aliphatic carbocycles. The molecule has 150 valence electrons. The summed E-state index contributed by atoms with van der Waals surface area (Å²) in [5.41, 5.74) is 2.76. The number of hydrogen-bond acceptors (Lipinski definition) is 7. The van der Waals surface area contributed by atoms with Crippen molar-refractivity contribution in [3.05, 3.63) is 35.9 Å². The van der Waals surface area contributed by atoms with Crippen LogP contribution in [0, 0.1) is 0 Å². The third-order valence-corrected chi connectivity index (χ3v) is 3.18. The van der Waals surface area contributed by atoms with Crippen LogP contribution in [0.25, 0.3) is 0 Å².